The summed E-state index contributed by atoms with van der Waals surface area (Å²) >= 11 is 0. The zero-order chi connectivity index (χ0) is 12.5. The van der Waals surface area contributed by atoms with Crippen molar-refractivity contribution in [1.29, 1.82) is 0 Å². The Kier molecular flexibility index (Phi) is 2.98. The molecule has 0 saturated carbocycles. The molecule has 1 N–H and O–H groups in total. The Balaban J connectivity index is 2.60. The first kappa shape index (κ1) is 11.8. The average Bonchev–Trinajstić information content (AvgIpc) is 2.76. The average molecular weight is 234 g/mol. The number of aromatic nitrogens is 2. The summed E-state index contributed by atoms with van der Waals surface area (Å²) in [5.41, 5.74) is -0.465. The Bertz CT molecular complexity index is 524. The van der Waals surface area contributed by atoms with Gasteiger partial charge in [0.15, 0.2) is 0 Å². The molecule has 0 bridgehead atoms. The van der Waals surface area contributed by atoms with Crippen LogP contribution in [0.3, 0.4) is 0 Å². The lowest BCUT2D eigenvalue weighted by atomic mass is 9.87. The van der Waals surface area contributed by atoms with Crippen LogP contribution >= 0.6 is 0 Å². The molecule has 2 rings (SSSR count). The van der Waals surface area contributed by atoms with Crippen LogP contribution in [0.15, 0.2) is 36.5 Å². The topological polar surface area (TPSA) is 38.1 Å². The van der Waals surface area contributed by atoms with Gasteiger partial charge in [-0.05, 0) is 18.6 Å². The van der Waals surface area contributed by atoms with Gasteiger partial charge in [0, 0.05) is 18.8 Å². The van der Waals surface area contributed by atoms with E-state index in [4.69, 9.17) is 0 Å². The second kappa shape index (κ2) is 4.30. The molecule has 0 radical (unpaired) electrons. The fraction of sp³-hybridized carbons (Fsp3) is 0.308. The summed E-state index contributed by atoms with van der Waals surface area (Å²) < 4.78 is 15.4. The zero-order valence-corrected chi connectivity index (χ0v) is 9.89. The Morgan fingerprint density at radius 3 is 2.59 bits per heavy atom. The molecule has 3 nitrogen and oxygen atoms in total. The number of hydrogen-bond donors (Lipinski definition) is 1. The van der Waals surface area contributed by atoms with Gasteiger partial charge in [0.1, 0.15) is 11.4 Å². The molecule has 1 heterocycles. The third kappa shape index (κ3) is 1.85. The number of nitrogens with zero attached hydrogens (tertiary/aromatic N) is 2. The van der Waals surface area contributed by atoms with E-state index in [1.165, 1.54) is 6.07 Å². The smallest absolute Gasteiger partial charge is 0.134 e. The predicted molar refractivity (Wildman–Crippen MR) is 62.9 cm³/mol. The maximum absolute atomic E-state index is 13.8. The molecule has 0 fully saturated rings. The van der Waals surface area contributed by atoms with E-state index in [1.807, 2.05) is 6.92 Å². The molecule has 0 aliphatic rings. The van der Waals surface area contributed by atoms with Crippen molar-refractivity contribution in [1.82, 2.24) is 9.78 Å². The lowest BCUT2D eigenvalue weighted by molar-refractivity contribution is 0.0639. The second-order valence-corrected chi connectivity index (χ2v) is 4.03. The molecule has 0 amide bonds. The predicted octanol–water partition coefficient (Wildman–Crippen LogP) is 2.21. The maximum Gasteiger partial charge on any atom is 0.134 e. The van der Waals surface area contributed by atoms with Crippen molar-refractivity contribution >= 4 is 0 Å². The first-order valence-corrected chi connectivity index (χ1v) is 5.55. The highest BCUT2D eigenvalue weighted by molar-refractivity contribution is 5.33. The van der Waals surface area contributed by atoms with E-state index in [1.54, 1.807) is 42.2 Å². The highest BCUT2D eigenvalue weighted by Gasteiger charge is 2.34. The number of halogens is 1. The number of rotatable bonds is 3. The summed E-state index contributed by atoms with van der Waals surface area (Å²) in [6.45, 7) is 1.82. The fourth-order valence-corrected chi connectivity index (χ4v) is 2.09. The molecule has 2 aromatic rings. The van der Waals surface area contributed by atoms with Gasteiger partial charge in [-0.3, -0.25) is 4.68 Å². The maximum atomic E-state index is 13.8. The molecule has 1 atom stereocenters. The van der Waals surface area contributed by atoms with Gasteiger partial charge in [0.05, 0.1) is 5.69 Å². The molecule has 0 aliphatic carbocycles. The van der Waals surface area contributed by atoms with E-state index in [-0.39, 0.29) is 5.56 Å². The van der Waals surface area contributed by atoms with E-state index in [2.05, 4.69) is 5.10 Å². The Hall–Kier alpha value is -1.68. The minimum Gasteiger partial charge on any atom is -0.379 e. The van der Waals surface area contributed by atoms with Gasteiger partial charge in [0.25, 0.3) is 0 Å². The molecule has 4 heteroatoms. The van der Waals surface area contributed by atoms with E-state index in [0.717, 1.165) is 0 Å². The van der Waals surface area contributed by atoms with Crippen molar-refractivity contribution in [3.05, 3.63) is 53.6 Å². The Labute approximate surface area is 99.5 Å². The highest BCUT2D eigenvalue weighted by atomic mass is 19.1. The molecule has 0 spiro atoms. The summed E-state index contributed by atoms with van der Waals surface area (Å²) in [6, 6.07) is 7.99. The largest absolute Gasteiger partial charge is 0.379 e. The van der Waals surface area contributed by atoms with Crippen LogP contribution < -0.4 is 0 Å². The van der Waals surface area contributed by atoms with Gasteiger partial charge in [-0.25, -0.2) is 4.39 Å². The summed E-state index contributed by atoms with van der Waals surface area (Å²) in [5, 5.41) is 14.7. The normalized spacial score (nSPS) is 14.6. The van der Waals surface area contributed by atoms with Crippen LogP contribution in [0.2, 0.25) is 0 Å². The lowest BCUT2D eigenvalue weighted by Gasteiger charge is -2.27. The second-order valence-electron chi connectivity index (χ2n) is 4.03. The Morgan fingerprint density at radius 2 is 2.06 bits per heavy atom. The summed E-state index contributed by atoms with van der Waals surface area (Å²) in [5.74, 6) is -0.405. The number of hydrogen-bond acceptors (Lipinski definition) is 2. The van der Waals surface area contributed by atoms with Crippen molar-refractivity contribution in [2.24, 2.45) is 7.05 Å². The fourth-order valence-electron chi connectivity index (χ4n) is 2.09. The van der Waals surface area contributed by atoms with Gasteiger partial charge in [-0.15, -0.1) is 0 Å². The number of aliphatic hydroxyl groups is 1. The summed E-state index contributed by atoms with van der Waals surface area (Å²) in [6.07, 6.45) is 1.98. The highest BCUT2D eigenvalue weighted by Crippen LogP contribution is 2.33. The van der Waals surface area contributed by atoms with Crippen molar-refractivity contribution in [3.63, 3.8) is 0 Å². The van der Waals surface area contributed by atoms with Crippen molar-refractivity contribution in [2.45, 2.75) is 18.9 Å². The molecule has 1 aromatic heterocycles. The number of benzene rings is 1. The van der Waals surface area contributed by atoms with Crippen LogP contribution in [0, 0.1) is 5.82 Å². The molecule has 0 saturated heterocycles. The van der Waals surface area contributed by atoms with E-state index >= 15 is 0 Å². The standard InChI is InChI=1S/C13H15FN2O/c1-3-13(17,12-8-9-15-16(12)2)10-6-4-5-7-11(10)14/h4-9,17H,3H2,1-2H3. The molecule has 1 aromatic carbocycles. The van der Waals surface area contributed by atoms with Crippen LogP contribution in [0.5, 0.6) is 0 Å². The Morgan fingerprint density at radius 1 is 1.35 bits per heavy atom. The quantitative estimate of drug-likeness (QED) is 0.884. The first-order valence-electron chi connectivity index (χ1n) is 5.55. The van der Waals surface area contributed by atoms with Crippen molar-refractivity contribution in [2.75, 3.05) is 0 Å². The minimum atomic E-state index is -1.34. The van der Waals surface area contributed by atoms with Crippen LogP contribution in [0.25, 0.3) is 0 Å². The van der Waals surface area contributed by atoms with Crippen LogP contribution in [-0.4, -0.2) is 14.9 Å². The van der Waals surface area contributed by atoms with Gasteiger partial charge in [-0.2, -0.15) is 5.10 Å². The van der Waals surface area contributed by atoms with Crippen molar-refractivity contribution < 1.29 is 9.50 Å². The SMILES string of the molecule is CCC(O)(c1ccccc1F)c1ccnn1C. The van der Waals surface area contributed by atoms with Gasteiger partial charge < -0.3 is 5.11 Å². The van der Waals surface area contributed by atoms with E-state index < -0.39 is 11.4 Å². The third-order valence-corrected chi connectivity index (χ3v) is 3.08. The van der Waals surface area contributed by atoms with E-state index in [9.17, 15) is 9.50 Å². The van der Waals surface area contributed by atoms with Gasteiger partial charge in [0.2, 0.25) is 0 Å². The lowest BCUT2D eigenvalue weighted by Crippen LogP contribution is -2.30. The van der Waals surface area contributed by atoms with Gasteiger partial charge >= 0.3 is 0 Å². The summed E-state index contributed by atoms with van der Waals surface area (Å²) in [4.78, 5) is 0. The van der Waals surface area contributed by atoms with Gasteiger partial charge in [-0.1, -0.05) is 25.1 Å². The van der Waals surface area contributed by atoms with Crippen molar-refractivity contribution in [3.8, 4) is 0 Å². The molecule has 17 heavy (non-hydrogen) atoms. The van der Waals surface area contributed by atoms with Crippen LogP contribution in [0.1, 0.15) is 24.6 Å². The van der Waals surface area contributed by atoms with Crippen LogP contribution in [-0.2, 0) is 12.6 Å². The minimum absolute atomic E-state index is 0.283. The van der Waals surface area contributed by atoms with E-state index in [0.29, 0.717) is 12.1 Å². The molecule has 1 unspecified atom stereocenters. The summed E-state index contributed by atoms with van der Waals surface area (Å²) in [7, 11) is 1.73. The monoisotopic (exact) mass is 234 g/mol. The molecular formula is C13H15FN2O. The molecule has 0 aliphatic heterocycles. The zero-order valence-electron chi connectivity index (χ0n) is 9.89. The number of aryl methyl sites for hydroxylation is 1. The van der Waals surface area contributed by atoms with Crippen LogP contribution in [0.4, 0.5) is 4.39 Å². The molecular weight excluding hydrogens is 219 g/mol. The first-order chi connectivity index (χ1) is 8.09. The molecule has 90 valence electrons. The third-order valence-electron chi connectivity index (χ3n) is 3.08.